The van der Waals surface area contributed by atoms with Gasteiger partial charge in [0.05, 0.1) is 12.8 Å². The van der Waals surface area contributed by atoms with E-state index in [1.54, 1.807) is 14.0 Å². The third kappa shape index (κ3) is 4.37. The first-order valence-corrected chi connectivity index (χ1v) is 8.32. The summed E-state index contributed by atoms with van der Waals surface area (Å²) in [5.41, 5.74) is 2.43. The lowest BCUT2D eigenvalue weighted by atomic mass is 10.0. The maximum Gasteiger partial charge on any atom is 0.257 e. The molecule has 0 fully saturated rings. The number of hydrogen-bond donors (Lipinski definition) is 1. The summed E-state index contributed by atoms with van der Waals surface area (Å²) in [4.78, 5) is 12.5. The van der Waals surface area contributed by atoms with Crippen molar-refractivity contribution < 1.29 is 14.1 Å². The maximum atomic E-state index is 12.5. The Morgan fingerprint density at radius 1 is 1.25 bits per heavy atom. The molecule has 0 spiro atoms. The van der Waals surface area contributed by atoms with E-state index in [1.165, 1.54) is 5.56 Å². The van der Waals surface area contributed by atoms with Crippen LogP contribution in [0.2, 0.25) is 0 Å². The number of hydrogen-bond acceptors (Lipinski definition) is 4. The number of rotatable bonds is 7. The predicted molar refractivity (Wildman–Crippen MR) is 93.6 cm³/mol. The molecule has 0 aliphatic rings. The van der Waals surface area contributed by atoms with Gasteiger partial charge in [-0.15, -0.1) is 0 Å². The second-order valence-corrected chi connectivity index (χ2v) is 6.42. The van der Waals surface area contributed by atoms with Gasteiger partial charge in [-0.2, -0.15) is 0 Å². The molecule has 0 radical (unpaired) electrons. The number of benzene rings is 1. The van der Waals surface area contributed by atoms with Crippen LogP contribution in [-0.2, 0) is 6.42 Å². The van der Waals surface area contributed by atoms with E-state index in [1.807, 2.05) is 45.0 Å². The number of carbonyl (C=O) groups is 1. The molecule has 1 unspecified atom stereocenters. The van der Waals surface area contributed by atoms with Gasteiger partial charge in [-0.3, -0.25) is 4.79 Å². The molecule has 1 atom stereocenters. The summed E-state index contributed by atoms with van der Waals surface area (Å²) in [5, 5.41) is 6.98. The van der Waals surface area contributed by atoms with Gasteiger partial charge in [0.2, 0.25) is 0 Å². The highest BCUT2D eigenvalue weighted by molar-refractivity contribution is 5.96. The lowest BCUT2D eigenvalue weighted by molar-refractivity contribution is 0.0935. The van der Waals surface area contributed by atoms with Crippen LogP contribution >= 0.6 is 0 Å². The largest absolute Gasteiger partial charge is 0.497 e. The van der Waals surface area contributed by atoms with E-state index in [9.17, 15) is 4.79 Å². The van der Waals surface area contributed by atoms with Gasteiger partial charge < -0.3 is 14.6 Å². The average molecular weight is 330 g/mol. The molecule has 1 heterocycles. The summed E-state index contributed by atoms with van der Waals surface area (Å²) in [6.45, 7) is 7.79. The van der Waals surface area contributed by atoms with Gasteiger partial charge in [-0.05, 0) is 44.4 Å². The SMILES string of the molecule is COc1ccc(CCC(C)NC(=O)c2c(C)noc2C(C)C)cc1. The Morgan fingerprint density at radius 3 is 2.50 bits per heavy atom. The Labute approximate surface area is 143 Å². The molecule has 0 bridgehead atoms. The summed E-state index contributed by atoms with van der Waals surface area (Å²) in [6, 6.07) is 8.07. The lowest BCUT2D eigenvalue weighted by Crippen LogP contribution is -2.33. The maximum absolute atomic E-state index is 12.5. The molecule has 0 aliphatic carbocycles. The summed E-state index contributed by atoms with van der Waals surface area (Å²) < 4.78 is 10.4. The Bertz CT molecular complexity index is 674. The van der Waals surface area contributed by atoms with Gasteiger partial charge in [0.25, 0.3) is 5.91 Å². The van der Waals surface area contributed by atoms with Crippen molar-refractivity contribution in [3.8, 4) is 5.75 Å². The summed E-state index contributed by atoms with van der Waals surface area (Å²) in [5.74, 6) is 1.51. The zero-order chi connectivity index (χ0) is 17.7. The Kier molecular flexibility index (Phi) is 6.01. The van der Waals surface area contributed by atoms with E-state index in [0.29, 0.717) is 17.0 Å². The second-order valence-electron chi connectivity index (χ2n) is 6.42. The number of nitrogens with one attached hydrogen (secondary N) is 1. The molecular formula is C19H26N2O3. The van der Waals surface area contributed by atoms with Crippen molar-refractivity contribution in [2.45, 2.75) is 52.5 Å². The summed E-state index contributed by atoms with van der Waals surface area (Å²) >= 11 is 0. The molecule has 0 saturated heterocycles. The fraction of sp³-hybridized carbons (Fsp3) is 0.474. The van der Waals surface area contributed by atoms with Crippen molar-refractivity contribution >= 4 is 5.91 Å². The van der Waals surface area contributed by atoms with E-state index in [-0.39, 0.29) is 17.9 Å². The zero-order valence-electron chi connectivity index (χ0n) is 15.1. The van der Waals surface area contributed by atoms with Crippen LogP contribution in [-0.4, -0.2) is 24.2 Å². The number of aromatic nitrogens is 1. The average Bonchev–Trinajstić information content (AvgIpc) is 2.95. The van der Waals surface area contributed by atoms with Crippen LogP contribution in [0, 0.1) is 6.92 Å². The number of carbonyl (C=O) groups excluding carboxylic acids is 1. The first-order valence-electron chi connectivity index (χ1n) is 8.32. The van der Waals surface area contributed by atoms with E-state index < -0.39 is 0 Å². The highest BCUT2D eigenvalue weighted by Gasteiger charge is 2.23. The minimum absolute atomic E-state index is 0.0638. The van der Waals surface area contributed by atoms with Gasteiger partial charge in [0.15, 0.2) is 5.76 Å². The molecule has 130 valence electrons. The predicted octanol–water partition coefficient (Wildman–Crippen LogP) is 3.87. The van der Waals surface area contributed by atoms with Crippen LogP contribution in [0.4, 0.5) is 0 Å². The molecule has 0 saturated carbocycles. The van der Waals surface area contributed by atoms with Gasteiger partial charge in [-0.1, -0.05) is 31.1 Å². The fourth-order valence-electron chi connectivity index (χ4n) is 2.60. The minimum atomic E-state index is -0.111. The van der Waals surface area contributed by atoms with Gasteiger partial charge in [0, 0.05) is 12.0 Å². The van der Waals surface area contributed by atoms with Crippen LogP contribution in [0.1, 0.15) is 60.5 Å². The quantitative estimate of drug-likeness (QED) is 0.837. The van der Waals surface area contributed by atoms with Crippen molar-refractivity contribution in [2.24, 2.45) is 0 Å². The Balaban J connectivity index is 1.93. The van der Waals surface area contributed by atoms with Gasteiger partial charge in [-0.25, -0.2) is 0 Å². The molecule has 5 heteroatoms. The monoisotopic (exact) mass is 330 g/mol. The third-order valence-corrected chi connectivity index (χ3v) is 4.04. The van der Waals surface area contributed by atoms with Gasteiger partial charge >= 0.3 is 0 Å². The minimum Gasteiger partial charge on any atom is -0.497 e. The summed E-state index contributed by atoms with van der Waals surface area (Å²) in [7, 11) is 1.66. The number of amides is 1. The van der Waals surface area contributed by atoms with Crippen LogP contribution in [0.25, 0.3) is 0 Å². The molecule has 1 aromatic carbocycles. The molecule has 1 aromatic heterocycles. The fourth-order valence-corrected chi connectivity index (χ4v) is 2.60. The van der Waals surface area contributed by atoms with Crippen molar-refractivity contribution in [1.82, 2.24) is 10.5 Å². The highest BCUT2D eigenvalue weighted by atomic mass is 16.5. The second kappa shape index (κ2) is 7.99. The Hall–Kier alpha value is -2.30. The first kappa shape index (κ1) is 18.0. The molecule has 5 nitrogen and oxygen atoms in total. The molecule has 24 heavy (non-hydrogen) atoms. The third-order valence-electron chi connectivity index (χ3n) is 4.04. The van der Waals surface area contributed by atoms with E-state index in [2.05, 4.69) is 10.5 Å². The van der Waals surface area contributed by atoms with Crippen LogP contribution in [0.3, 0.4) is 0 Å². The lowest BCUT2D eigenvalue weighted by Gasteiger charge is -2.14. The topological polar surface area (TPSA) is 64.4 Å². The van der Waals surface area contributed by atoms with E-state index in [4.69, 9.17) is 9.26 Å². The van der Waals surface area contributed by atoms with Crippen LogP contribution in [0.5, 0.6) is 5.75 Å². The Morgan fingerprint density at radius 2 is 1.92 bits per heavy atom. The molecule has 0 aliphatic heterocycles. The molecule has 1 N–H and O–H groups in total. The van der Waals surface area contributed by atoms with E-state index in [0.717, 1.165) is 18.6 Å². The smallest absolute Gasteiger partial charge is 0.257 e. The van der Waals surface area contributed by atoms with Crippen molar-refractivity contribution in [3.63, 3.8) is 0 Å². The zero-order valence-corrected chi connectivity index (χ0v) is 15.1. The summed E-state index contributed by atoms with van der Waals surface area (Å²) in [6.07, 6.45) is 1.75. The number of aryl methyl sites for hydroxylation is 2. The molecular weight excluding hydrogens is 304 g/mol. The van der Waals surface area contributed by atoms with Crippen molar-refractivity contribution in [2.75, 3.05) is 7.11 Å². The number of methoxy groups -OCH3 is 1. The molecule has 1 amide bonds. The first-order chi connectivity index (χ1) is 11.4. The van der Waals surface area contributed by atoms with Crippen molar-refractivity contribution in [3.05, 3.63) is 46.8 Å². The number of ether oxygens (including phenoxy) is 1. The van der Waals surface area contributed by atoms with Crippen LogP contribution < -0.4 is 10.1 Å². The standard InChI is InChI=1S/C19H26N2O3/c1-12(2)18-17(14(4)21-24-18)19(22)20-13(3)6-7-15-8-10-16(23-5)11-9-15/h8-13H,6-7H2,1-5H3,(H,20,22). The van der Waals surface area contributed by atoms with Crippen LogP contribution in [0.15, 0.2) is 28.8 Å². The molecule has 2 rings (SSSR count). The normalized spacial score (nSPS) is 12.2. The highest BCUT2D eigenvalue weighted by Crippen LogP contribution is 2.22. The van der Waals surface area contributed by atoms with Gasteiger partial charge in [0.1, 0.15) is 11.3 Å². The van der Waals surface area contributed by atoms with E-state index >= 15 is 0 Å². The van der Waals surface area contributed by atoms with Crippen molar-refractivity contribution in [1.29, 1.82) is 0 Å². The molecule has 2 aromatic rings. The number of nitrogens with zero attached hydrogens (tertiary/aromatic N) is 1.